The molecule has 1 aliphatic carbocycles. The van der Waals surface area contributed by atoms with Crippen molar-refractivity contribution in [3.8, 4) is 0 Å². The number of halogens is 1. The van der Waals surface area contributed by atoms with Crippen molar-refractivity contribution in [2.24, 2.45) is 5.92 Å². The van der Waals surface area contributed by atoms with Gasteiger partial charge in [-0.3, -0.25) is 0 Å². The Hall–Kier alpha value is -0.570. The topological polar surface area (TPSA) is 23.5 Å². The van der Waals surface area contributed by atoms with E-state index >= 15 is 0 Å². The first kappa shape index (κ1) is 17.8. The molecule has 2 nitrogen and oxygen atoms in total. The molecule has 1 saturated carbocycles. The highest BCUT2D eigenvalue weighted by Gasteiger charge is 2.38. The lowest BCUT2D eigenvalue weighted by Gasteiger charge is -2.40. The fourth-order valence-electron chi connectivity index (χ4n) is 4.23. The van der Waals surface area contributed by atoms with Crippen molar-refractivity contribution in [2.45, 2.75) is 57.0 Å². The molecule has 2 aliphatic rings. The van der Waals surface area contributed by atoms with E-state index in [0.717, 1.165) is 18.5 Å². The van der Waals surface area contributed by atoms with Gasteiger partial charge in [0.15, 0.2) is 0 Å². The van der Waals surface area contributed by atoms with Crippen LogP contribution in [0.15, 0.2) is 30.3 Å². The quantitative estimate of drug-likeness (QED) is 0.870. The summed E-state index contributed by atoms with van der Waals surface area (Å²) in [5, 5.41) is 11.5. The molecule has 0 radical (unpaired) electrons. The molecule has 1 aromatic rings. The van der Waals surface area contributed by atoms with E-state index in [1.165, 1.54) is 58.0 Å². The molecule has 22 heavy (non-hydrogen) atoms. The largest absolute Gasteiger partial charge is 0.385 e. The molecular formula is C19H30ClNO. The van der Waals surface area contributed by atoms with Crippen LogP contribution in [0.5, 0.6) is 0 Å². The first-order chi connectivity index (χ1) is 10.3. The lowest BCUT2D eigenvalue weighted by molar-refractivity contribution is -0.0510. The second kappa shape index (κ2) is 8.33. The number of likely N-dealkylation sites (tertiary alicyclic amines) is 1. The van der Waals surface area contributed by atoms with E-state index < -0.39 is 5.60 Å². The zero-order chi connectivity index (χ0) is 14.5. The highest BCUT2D eigenvalue weighted by Crippen LogP contribution is 2.41. The van der Waals surface area contributed by atoms with Crippen molar-refractivity contribution in [1.29, 1.82) is 0 Å². The van der Waals surface area contributed by atoms with Crippen molar-refractivity contribution in [1.82, 2.24) is 4.90 Å². The fraction of sp³-hybridized carbons (Fsp3) is 0.684. The number of hydrogen-bond acceptors (Lipinski definition) is 2. The summed E-state index contributed by atoms with van der Waals surface area (Å²) in [6.45, 7) is 3.48. The second-order valence-electron chi connectivity index (χ2n) is 6.92. The zero-order valence-electron chi connectivity index (χ0n) is 13.5. The first-order valence-corrected chi connectivity index (χ1v) is 8.79. The molecule has 0 spiro atoms. The monoisotopic (exact) mass is 323 g/mol. The van der Waals surface area contributed by atoms with E-state index in [2.05, 4.69) is 29.2 Å². The number of nitrogens with zero attached hydrogens (tertiary/aromatic N) is 1. The summed E-state index contributed by atoms with van der Waals surface area (Å²) in [5.74, 6) is 0.441. The van der Waals surface area contributed by atoms with E-state index in [1.807, 2.05) is 6.07 Å². The number of benzene rings is 1. The number of aliphatic hydroxyl groups is 1. The van der Waals surface area contributed by atoms with Crippen molar-refractivity contribution in [3.63, 3.8) is 0 Å². The summed E-state index contributed by atoms with van der Waals surface area (Å²) in [7, 11) is 0. The molecule has 1 heterocycles. The third-order valence-corrected chi connectivity index (χ3v) is 5.56. The second-order valence-corrected chi connectivity index (χ2v) is 6.92. The van der Waals surface area contributed by atoms with Gasteiger partial charge in [0, 0.05) is 6.54 Å². The molecule has 0 amide bonds. The molecular weight excluding hydrogens is 294 g/mol. The fourth-order valence-corrected chi connectivity index (χ4v) is 4.23. The molecule has 0 aromatic heterocycles. The van der Waals surface area contributed by atoms with Gasteiger partial charge in [0.25, 0.3) is 0 Å². The molecule has 0 bridgehead atoms. The maximum Gasteiger partial charge on any atom is 0.0936 e. The molecule has 0 unspecified atom stereocenters. The van der Waals surface area contributed by atoms with Crippen LogP contribution in [0, 0.1) is 5.92 Å². The summed E-state index contributed by atoms with van der Waals surface area (Å²) < 4.78 is 0. The van der Waals surface area contributed by atoms with Crippen LogP contribution in [-0.4, -0.2) is 29.6 Å². The normalized spacial score (nSPS) is 23.0. The van der Waals surface area contributed by atoms with E-state index in [-0.39, 0.29) is 12.4 Å². The van der Waals surface area contributed by atoms with Gasteiger partial charge in [-0.15, -0.1) is 12.4 Å². The van der Waals surface area contributed by atoms with Crippen molar-refractivity contribution in [3.05, 3.63) is 35.9 Å². The van der Waals surface area contributed by atoms with Crippen LogP contribution in [0.1, 0.15) is 56.9 Å². The lowest BCUT2D eigenvalue weighted by atomic mass is 9.71. The Balaban J connectivity index is 0.00000176. The smallest absolute Gasteiger partial charge is 0.0936 e. The molecule has 1 aliphatic heterocycles. The van der Waals surface area contributed by atoms with Gasteiger partial charge in [-0.2, -0.15) is 0 Å². The molecule has 1 saturated heterocycles. The Labute approximate surface area is 141 Å². The Morgan fingerprint density at radius 3 is 2.23 bits per heavy atom. The van der Waals surface area contributed by atoms with Gasteiger partial charge in [-0.05, 0) is 56.7 Å². The van der Waals surface area contributed by atoms with Gasteiger partial charge in [0.05, 0.1) is 5.60 Å². The summed E-state index contributed by atoms with van der Waals surface area (Å²) in [5.41, 5.74) is 0.515. The molecule has 2 fully saturated rings. The predicted octanol–water partition coefficient (Wildman–Crippen LogP) is 4.36. The Morgan fingerprint density at radius 1 is 0.955 bits per heavy atom. The lowest BCUT2D eigenvalue weighted by Crippen LogP contribution is -2.39. The van der Waals surface area contributed by atoms with E-state index in [4.69, 9.17) is 0 Å². The minimum atomic E-state index is -0.621. The summed E-state index contributed by atoms with van der Waals surface area (Å²) in [6.07, 6.45) is 9.82. The van der Waals surface area contributed by atoms with Gasteiger partial charge < -0.3 is 10.0 Å². The Bertz CT molecular complexity index is 426. The van der Waals surface area contributed by atoms with Gasteiger partial charge in [0.2, 0.25) is 0 Å². The van der Waals surface area contributed by atoms with Crippen LogP contribution >= 0.6 is 12.4 Å². The average Bonchev–Trinajstić information content (AvgIpc) is 3.08. The summed E-state index contributed by atoms with van der Waals surface area (Å²) >= 11 is 0. The first-order valence-electron chi connectivity index (χ1n) is 8.79. The Morgan fingerprint density at radius 2 is 1.59 bits per heavy atom. The standard InChI is InChI=1S/C19H29NO.ClH/c21-19(17-9-3-1-4-10-17,18-11-5-2-6-12-18)13-16-20-14-7-8-15-20;/h1,3-4,9-10,18,21H,2,5-8,11-16H2;1H/t19-;/m1./s1. The predicted molar refractivity (Wildman–Crippen MR) is 94.5 cm³/mol. The van der Waals surface area contributed by atoms with Gasteiger partial charge in [-0.1, -0.05) is 49.6 Å². The van der Waals surface area contributed by atoms with E-state index in [1.54, 1.807) is 0 Å². The highest BCUT2D eigenvalue weighted by molar-refractivity contribution is 5.85. The van der Waals surface area contributed by atoms with E-state index in [0.29, 0.717) is 5.92 Å². The van der Waals surface area contributed by atoms with Crippen LogP contribution in [0.4, 0.5) is 0 Å². The van der Waals surface area contributed by atoms with Gasteiger partial charge in [-0.25, -0.2) is 0 Å². The minimum Gasteiger partial charge on any atom is -0.385 e. The van der Waals surface area contributed by atoms with Crippen molar-refractivity contribution >= 4 is 12.4 Å². The summed E-state index contributed by atoms with van der Waals surface area (Å²) in [4.78, 5) is 2.52. The summed E-state index contributed by atoms with van der Waals surface area (Å²) in [6, 6.07) is 10.4. The molecule has 3 rings (SSSR count). The highest BCUT2D eigenvalue weighted by atomic mass is 35.5. The minimum absolute atomic E-state index is 0. The molecule has 3 heteroatoms. The molecule has 1 aromatic carbocycles. The molecule has 1 N–H and O–H groups in total. The Kier molecular flexibility index (Phi) is 6.73. The average molecular weight is 324 g/mol. The van der Waals surface area contributed by atoms with Crippen molar-refractivity contribution in [2.75, 3.05) is 19.6 Å². The number of rotatable bonds is 5. The maximum absolute atomic E-state index is 11.5. The van der Waals surface area contributed by atoms with Crippen LogP contribution in [0.2, 0.25) is 0 Å². The third kappa shape index (κ3) is 4.04. The van der Waals surface area contributed by atoms with Crippen molar-refractivity contribution < 1.29 is 5.11 Å². The van der Waals surface area contributed by atoms with Gasteiger partial charge >= 0.3 is 0 Å². The maximum atomic E-state index is 11.5. The zero-order valence-corrected chi connectivity index (χ0v) is 14.4. The van der Waals surface area contributed by atoms with Crippen LogP contribution in [0.3, 0.4) is 0 Å². The van der Waals surface area contributed by atoms with Crippen LogP contribution in [-0.2, 0) is 5.60 Å². The van der Waals surface area contributed by atoms with E-state index in [9.17, 15) is 5.11 Å². The molecule has 1 atom stereocenters. The van der Waals surface area contributed by atoms with Crippen LogP contribution in [0.25, 0.3) is 0 Å². The number of hydrogen-bond donors (Lipinski definition) is 1. The third-order valence-electron chi connectivity index (χ3n) is 5.56. The SMILES string of the molecule is Cl.O[C@](CCN1CCCC1)(c1ccccc1)C1CCCCC1. The molecule has 124 valence electrons. The van der Waals surface area contributed by atoms with Crippen LogP contribution < -0.4 is 0 Å². The van der Waals surface area contributed by atoms with Gasteiger partial charge in [0.1, 0.15) is 0 Å².